The van der Waals surface area contributed by atoms with E-state index in [4.69, 9.17) is 4.42 Å². The predicted molar refractivity (Wildman–Crippen MR) is 95.9 cm³/mol. The third-order valence-corrected chi connectivity index (χ3v) is 5.74. The number of furan rings is 1. The van der Waals surface area contributed by atoms with Crippen molar-refractivity contribution in [3.63, 3.8) is 0 Å². The molecule has 146 valence electrons. The van der Waals surface area contributed by atoms with Crippen molar-refractivity contribution in [3.8, 4) is 5.75 Å². The Morgan fingerprint density at radius 1 is 1.14 bits per heavy atom. The zero-order valence-electron chi connectivity index (χ0n) is 14.4. The second-order valence-electron chi connectivity index (χ2n) is 6.44. The third-order valence-electron chi connectivity index (χ3n) is 4.39. The Hall–Kier alpha value is -2.94. The Kier molecular flexibility index (Phi) is 4.54. The van der Waals surface area contributed by atoms with Gasteiger partial charge in [-0.3, -0.25) is 4.79 Å². The maximum absolute atomic E-state index is 12.8. The van der Waals surface area contributed by atoms with Crippen molar-refractivity contribution in [2.75, 3.05) is 0 Å². The molecular formula is C19H15F2NO5S. The second-order valence-corrected chi connectivity index (χ2v) is 8.12. The summed E-state index contributed by atoms with van der Waals surface area (Å²) in [5.41, 5.74) is 0.962. The van der Waals surface area contributed by atoms with Gasteiger partial charge in [-0.2, -0.15) is 8.78 Å². The molecule has 4 rings (SSSR count). The molecule has 28 heavy (non-hydrogen) atoms. The lowest BCUT2D eigenvalue weighted by Crippen LogP contribution is -2.30. The van der Waals surface area contributed by atoms with E-state index in [9.17, 15) is 22.0 Å². The quantitative estimate of drug-likeness (QED) is 0.667. The largest absolute Gasteiger partial charge is 0.451 e. The Labute approximate surface area is 159 Å². The van der Waals surface area contributed by atoms with E-state index < -0.39 is 22.5 Å². The van der Waals surface area contributed by atoms with Crippen LogP contribution in [-0.4, -0.2) is 20.9 Å². The van der Waals surface area contributed by atoms with Gasteiger partial charge in [-0.15, -0.1) is 0 Å². The topological polar surface area (TPSA) is 85.6 Å². The zero-order valence-corrected chi connectivity index (χ0v) is 15.2. The number of ether oxygens (including phenoxy) is 1. The number of rotatable bonds is 6. The van der Waals surface area contributed by atoms with Crippen molar-refractivity contribution in [1.29, 1.82) is 0 Å². The molecule has 0 spiro atoms. The number of carbonyl (C=O) groups excluding carboxylic acids is 1. The molecule has 0 aliphatic heterocycles. The zero-order chi connectivity index (χ0) is 19.9. The van der Waals surface area contributed by atoms with Gasteiger partial charge in [-0.1, -0.05) is 18.2 Å². The van der Waals surface area contributed by atoms with Crippen LogP contribution in [0.4, 0.5) is 8.78 Å². The van der Waals surface area contributed by atoms with Gasteiger partial charge in [-0.25, -0.2) is 13.1 Å². The fourth-order valence-corrected chi connectivity index (χ4v) is 3.89. The molecule has 1 aromatic heterocycles. The summed E-state index contributed by atoms with van der Waals surface area (Å²) in [6.07, 6.45) is 1.87. The summed E-state index contributed by atoms with van der Waals surface area (Å²) in [7, 11) is -4.10. The van der Waals surface area contributed by atoms with Crippen LogP contribution in [0.5, 0.6) is 5.75 Å². The molecule has 0 saturated heterocycles. The molecule has 2 aromatic carbocycles. The SMILES string of the molecule is O=C(NS(=O)(=O)c1ccccc1)c1cc2c(OC(F)F)cc(C3CC3)cc2o1. The van der Waals surface area contributed by atoms with E-state index in [0.29, 0.717) is 0 Å². The van der Waals surface area contributed by atoms with Crippen molar-refractivity contribution >= 4 is 26.9 Å². The molecule has 1 aliphatic rings. The van der Waals surface area contributed by atoms with E-state index in [1.165, 1.54) is 36.4 Å². The Morgan fingerprint density at radius 3 is 2.50 bits per heavy atom. The summed E-state index contributed by atoms with van der Waals surface area (Å²) in [5, 5.41) is 0.173. The molecule has 0 unspecified atom stereocenters. The van der Waals surface area contributed by atoms with Gasteiger partial charge in [0.2, 0.25) is 0 Å². The van der Waals surface area contributed by atoms with Gasteiger partial charge in [0.05, 0.1) is 10.3 Å². The molecule has 9 heteroatoms. The van der Waals surface area contributed by atoms with E-state index in [1.54, 1.807) is 12.1 Å². The summed E-state index contributed by atoms with van der Waals surface area (Å²) in [4.78, 5) is 12.3. The Balaban J connectivity index is 1.68. The van der Waals surface area contributed by atoms with E-state index in [2.05, 4.69) is 4.74 Å². The van der Waals surface area contributed by atoms with Crippen LogP contribution < -0.4 is 9.46 Å². The number of hydrogen-bond acceptors (Lipinski definition) is 5. The molecule has 1 heterocycles. The lowest BCUT2D eigenvalue weighted by molar-refractivity contribution is -0.0488. The lowest BCUT2D eigenvalue weighted by atomic mass is 10.1. The van der Waals surface area contributed by atoms with Crippen molar-refractivity contribution < 1.29 is 31.1 Å². The first-order chi connectivity index (χ1) is 13.3. The van der Waals surface area contributed by atoms with Crippen LogP contribution in [0.25, 0.3) is 11.0 Å². The number of sulfonamides is 1. The summed E-state index contributed by atoms with van der Waals surface area (Å²) in [5.74, 6) is -1.19. The summed E-state index contributed by atoms with van der Waals surface area (Å²) < 4.78 is 62.0. The van der Waals surface area contributed by atoms with E-state index >= 15 is 0 Å². The first kappa shape index (κ1) is 18.4. The monoisotopic (exact) mass is 407 g/mol. The minimum absolute atomic E-state index is 0.0859. The highest BCUT2D eigenvalue weighted by atomic mass is 32.2. The van der Waals surface area contributed by atoms with Gasteiger partial charge in [-0.05, 0) is 48.6 Å². The maximum Gasteiger partial charge on any atom is 0.387 e. The van der Waals surface area contributed by atoms with E-state index in [-0.39, 0.29) is 33.3 Å². The molecule has 1 saturated carbocycles. The molecule has 1 fully saturated rings. The molecule has 3 aromatic rings. The van der Waals surface area contributed by atoms with E-state index in [0.717, 1.165) is 18.4 Å². The number of nitrogens with one attached hydrogen (secondary N) is 1. The smallest absolute Gasteiger partial charge is 0.387 e. The highest BCUT2D eigenvalue weighted by molar-refractivity contribution is 7.90. The number of carbonyl (C=O) groups is 1. The standard InChI is InChI=1S/C19H15F2NO5S/c20-19(21)27-16-9-12(11-6-7-11)8-15-14(16)10-17(26-15)18(23)22-28(24,25)13-4-2-1-3-5-13/h1-5,8-11,19H,6-7H2,(H,22,23). The molecule has 1 N–H and O–H groups in total. The van der Waals surface area contributed by atoms with Gasteiger partial charge in [0.25, 0.3) is 10.0 Å². The van der Waals surface area contributed by atoms with Crippen LogP contribution in [0.3, 0.4) is 0 Å². The molecule has 1 amide bonds. The number of benzene rings is 2. The predicted octanol–water partition coefficient (Wildman–Crippen LogP) is 4.03. The minimum Gasteiger partial charge on any atom is -0.451 e. The number of halogens is 2. The number of hydrogen-bond donors (Lipinski definition) is 1. The minimum atomic E-state index is -4.10. The molecule has 1 aliphatic carbocycles. The van der Waals surface area contributed by atoms with Gasteiger partial charge < -0.3 is 9.15 Å². The van der Waals surface area contributed by atoms with Gasteiger partial charge in [0, 0.05) is 6.07 Å². The van der Waals surface area contributed by atoms with Gasteiger partial charge in [0.15, 0.2) is 5.76 Å². The average Bonchev–Trinajstić information content (AvgIpc) is 3.40. The number of amides is 1. The van der Waals surface area contributed by atoms with Crippen LogP contribution in [0.15, 0.2) is 57.8 Å². The first-order valence-electron chi connectivity index (χ1n) is 8.48. The maximum atomic E-state index is 12.8. The lowest BCUT2D eigenvalue weighted by Gasteiger charge is -2.07. The van der Waals surface area contributed by atoms with Crippen molar-refractivity contribution in [3.05, 3.63) is 59.9 Å². The summed E-state index contributed by atoms with van der Waals surface area (Å²) in [6, 6.07) is 11.7. The average molecular weight is 407 g/mol. The third kappa shape index (κ3) is 3.70. The van der Waals surface area contributed by atoms with Crippen LogP contribution in [0.2, 0.25) is 0 Å². The molecule has 0 atom stereocenters. The number of alkyl halides is 2. The Bertz CT molecular complexity index is 1140. The fraction of sp³-hybridized carbons (Fsp3) is 0.211. The number of fused-ring (bicyclic) bond motifs is 1. The van der Waals surface area contributed by atoms with Gasteiger partial charge >= 0.3 is 12.5 Å². The van der Waals surface area contributed by atoms with Crippen LogP contribution in [0.1, 0.15) is 34.9 Å². The highest BCUT2D eigenvalue weighted by Crippen LogP contribution is 2.44. The second kappa shape index (κ2) is 6.90. The molecule has 6 nitrogen and oxygen atoms in total. The van der Waals surface area contributed by atoms with Crippen LogP contribution in [0, 0.1) is 0 Å². The Morgan fingerprint density at radius 2 is 1.86 bits per heavy atom. The molecular weight excluding hydrogens is 392 g/mol. The van der Waals surface area contributed by atoms with Crippen LogP contribution >= 0.6 is 0 Å². The summed E-state index contributed by atoms with van der Waals surface area (Å²) >= 11 is 0. The van der Waals surface area contributed by atoms with Crippen molar-refractivity contribution in [1.82, 2.24) is 4.72 Å². The fourth-order valence-electron chi connectivity index (χ4n) is 2.92. The highest BCUT2D eigenvalue weighted by Gasteiger charge is 2.27. The molecule has 0 bridgehead atoms. The van der Waals surface area contributed by atoms with Gasteiger partial charge in [0.1, 0.15) is 11.3 Å². The van der Waals surface area contributed by atoms with Crippen molar-refractivity contribution in [2.24, 2.45) is 0 Å². The molecule has 0 radical (unpaired) electrons. The van der Waals surface area contributed by atoms with Crippen LogP contribution in [-0.2, 0) is 10.0 Å². The summed E-state index contributed by atoms with van der Waals surface area (Å²) in [6.45, 7) is -3.04. The van der Waals surface area contributed by atoms with E-state index in [1.807, 2.05) is 4.72 Å². The van der Waals surface area contributed by atoms with Crippen molar-refractivity contribution in [2.45, 2.75) is 30.3 Å². The first-order valence-corrected chi connectivity index (χ1v) is 9.96. The normalized spacial score (nSPS) is 14.4.